The minimum Gasteiger partial charge on any atom is -0.326 e. The van der Waals surface area contributed by atoms with E-state index in [1.165, 1.54) is 12.1 Å². The highest BCUT2D eigenvalue weighted by molar-refractivity contribution is 5.17. The first-order valence-electron chi connectivity index (χ1n) is 4.97. The van der Waals surface area contributed by atoms with E-state index in [-0.39, 0.29) is 11.9 Å². The molecule has 1 aliphatic rings. The van der Waals surface area contributed by atoms with Crippen LogP contribution < -0.4 is 11.1 Å². The van der Waals surface area contributed by atoms with E-state index in [1.807, 2.05) is 12.1 Å². The van der Waals surface area contributed by atoms with Gasteiger partial charge < -0.3 is 11.1 Å². The van der Waals surface area contributed by atoms with Gasteiger partial charge in [-0.1, -0.05) is 12.1 Å². The number of rotatable bonds is 2. The molecule has 2 rings (SSSR count). The number of nitrogens with one attached hydrogen (secondary N) is 1. The molecular weight excluding hydrogens is 179 g/mol. The number of halogens is 1. The molecule has 0 aliphatic carbocycles. The van der Waals surface area contributed by atoms with Gasteiger partial charge in [0.25, 0.3) is 0 Å². The molecule has 3 heteroatoms. The predicted octanol–water partition coefficient (Wildman–Crippen LogP) is 1.06. The van der Waals surface area contributed by atoms with Crippen molar-refractivity contribution in [3.63, 3.8) is 0 Å². The third-order valence-corrected chi connectivity index (χ3v) is 2.65. The highest BCUT2D eigenvalue weighted by Gasteiger charge is 2.20. The Kier molecular flexibility index (Phi) is 2.79. The Hall–Kier alpha value is -0.930. The van der Waals surface area contributed by atoms with Crippen LogP contribution in [0.5, 0.6) is 0 Å². The summed E-state index contributed by atoms with van der Waals surface area (Å²) >= 11 is 0. The second-order valence-corrected chi connectivity index (χ2v) is 3.93. The van der Waals surface area contributed by atoms with Crippen molar-refractivity contribution in [2.45, 2.75) is 24.9 Å². The number of hydrogen-bond acceptors (Lipinski definition) is 2. The van der Waals surface area contributed by atoms with Crippen molar-refractivity contribution >= 4 is 0 Å². The fourth-order valence-corrected chi connectivity index (χ4v) is 1.91. The fraction of sp³-hybridized carbons (Fsp3) is 0.455. The van der Waals surface area contributed by atoms with Crippen LogP contribution >= 0.6 is 0 Å². The van der Waals surface area contributed by atoms with Crippen molar-refractivity contribution in [1.29, 1.82) is 0 Å². The van der Waals surface area contributed by atoms with Gasteiger partial charge >= 0.3 is 0 Å². The molecule has 1 saturated heterocycles. The Balaban J connectivity index is 1.94. The molecule has 0 saturated carbocycles. The lowest BCUT2D eigenvalue weighted by atomic mass is 10.0. The van der Waals surface area contributed by atoms with Gasteiger partial charge in [0.1, 0.15) is 5.82 Å². The molecule has 1 fully saturated rings. The second kappa shape index (κ2) is 4.07. The first kappa shape index (κ1) is 9.62. The van der Waals surface area contributed by atoms with Crippen molar-refractivity contribution in [3.8, 4) is 0 Å². The van der Waals surface area contributed by atoms with Crippen LogP contribution in [0.25, 0.3) is 0 Å². The molecular formula is C11H15FN2. The molecule has 0 amide bonds. The summed E-state index contributed by atoms with van der Waals surface area (Å²) in [6, 6.07) is 7.41. The first-order chi connectivity index (χ1) is 6.74. The number of nitrogens with two attached hydrogens (primary N) is 1. The van der Waals surface area contributed by atoms with Crippen molar-refractivity contribution in [2.75, 3.05) is 6.54 Å². The average molecular weight is 194 g/mol. The van der Waals surface area contributed by atoms with Crippen LogP contribution in [0.1, 0.15) is 12.0 Å². The van der Waals surface area contributed by atoms with Gasteiger partial charge in [0.15, 0.2) is 0 Å². The highest BCUT2D eigenvalue weighted by atomic mass is 19.1. The van der Waals surface area contributed by atoms with E-state index in [4.69, 9.17) is 5.73 Å². The largest absolute Gasteiger partial charge is 0.326 e. The second-order valence-electron chi connectivity index (χ2n) is 3.93. The minimum atomic E-state index is -0.176. The van der Waals surface area contributed by atoms with E-state index in [9.17, 15) is 4.39 Å². The van der Waals surface area contributed by atoms with Crippen molar-refractivity contribution in [1.82, 2.24) is 5.32 Å². The molecule has 0 aromatic heterocycles. The van der Waals surface area contributed by atoms with Crippen molar-refractivity contribution < 1.29 is 4.39 Å². The van der Waals surface area contributed by atoms with Gasteiger partial charge in [0.05, 0.1) is 0 Å². The maximum atomic E-state index is 12.6. The van der Waals surface area contributed by atoms with Gasteiger partial charge in [-0.3, -0.25) is 0 Å². The van der Waals surface area contributed by atoms with Crippen molar-refractivity contribution in [2.24, 2.45) is 5.73 Å². The Labute approximate surface area is 83.3 Å². The van der Waals surface area contributed by atoms with Gasteiger partial charge in [-0.2, -0.15) is 0 Å². The molecule has 1 aromatic rings. The van der Waals surface area contributed by atoms with Gasteiger partial charge in [-0.25, -0.2) is 4.39 Å². The summed E-state index contributed by atoms with van der Waals surface area (Å²) in [6.45, 7) is 0.895. The molecule has 3 N–H and O–H groups in total. The minimum absolute atomic E-state index is 0.176. The van der Waals surface area contributed by atoms with Gasteiger partial charge in [-0.05, 0) is 30.5 Å². The third kappa shape index (κ3) is 2.30. The van der Waals surface area contributed by atoms with Crippen LogP contribution in [-0.4, -0.2) is 18.6 Å². The summed E-state index contributed by atoms with van der Waals surface area (Å²) in [5.41, 5.74) is 6.95. The van der Waals surface area contributed by atoms with E-state index in [0.717, 1.165) is 24.9 Å². The first-order valence-corrected chi connectivity index (χ1v) is 4.97. The molecule has 2 atom stereocenters. The monoisotopic (exact) mass is 194 g/mol. The summed E-state index contributed by atoms with van der Waals surface area (Å²) in [5.74, 6) is -0.176. The van der Waals surface area contributed by atoms with E-state index in [0.29, 0.717) is 6.04 Å². The molecule has 0 spiro atoms. The summed E-state index contributed by atoms with van der Waals surface area (Å²) in [6.07, 6.45) is 1.95. The molecule has 1 aromatic carbocycles. The molecule has 1 aliphatic heterocycles. The summed E-state index contributed by atoms with van der Waals surface area (Å²) in [4.78, 5) is 0. The highest BCUT2D eigenvalue weighted by Crippen LogP contribution is 2.12. The predicted molar refractivity (Wildman–Crippen MR) is 54.5 cm³/mol. The van der Waals surface area contributed by atoms with Gasteiger partial charge in [-0.15, -0.1) is 0 Å². The summed E-state index contributed by atoms with van der Waals surface area (Å²) in [7, 11) is 0. The quantitative estimate of drug-likeness (QED) is 0.738. The number of benzene rings is 1. The molecule has 0 radical (unpaired) electrons. The zero-order valence-corrected chi connectivity index (χ0v) is 8.04. The van der Waals surface area contributed by atoms with E-state index in [1.54, 1.807) is 0 Å². The molecule has 0 bridgehead atoms. The Morgan fingerprint density at radius 3 is 2.64 bits per heavy atom. The third-order valence-electron chi connectivity index (χ3n) is 2.65. The standard InChI is InChI=1S/C11H15FN2/c12-9-3-1-8(2-4-9)5-11-6-10(13)7-14-11/h1-4,10-11,14H,5-7,13H2. The van der Waals surface area contributed by atoms with E-state index >= 15 is 0 Å². The summed E-state index contributed by atoms with van der Waals surface area (Å²) in [5, 5.41) is 3.35. The molecule has 2 nitrogen and oxygen atoms in total. The zero-order chi connectivity index (χ0) is 9.97. The van der Waals surface area contributed by atoms with Crippen LogP contribution in [0.3, 0.4) is 0 Å². The lowest BCUT2D eigenvalue weighted by Crippen LogP contribution is -2.24. The zero-order valence-electron chi connectivity index (χ0n) is 8.04. The maximum absolute atomic E-state index is 12.6. The Morgan fingerprint density at radius 2 is 2.07 bits per heavy atom. The Morgan fingerprint density at radius 1 is 1.36 bits per heavy atom. The molecule has 2 unspecified atom stereocenters. The van der Waals surface area contributed by atoms with E-state index < -0.39 is 0 Å². The lowest BCUT2D eigenvalue weighted by molar-refractivity contribution is 0.593. The molecule has 1 heterocycles. The number of hydrogen-bond donors (Lipinski definition) is 2. The maximum Gasteiger partial charge on any atom is 0.123 e. The van der Waals surface area contributed by atoms with E-state index in [2.05, 4.69) is 5.32 Å². The molecule has 14 heavy (non-hydrogen) atoms. The topological polar surface area (TPSA) is 38.0 Å². The van der Waals surface area contributed by atoms with Crippen molar-refractivity contribution in [3.05, 3.63) is 35.6 Å². The lowest BCUT2D eigenvalue weighted by Gasteiger charge is -2.09. The van der Waals surface area contributed by atoms with Crippen LogP contribution in [0.2, 0.25) is 0 Å². The average Bonchev–Trinajstić information content (AvgIpc) is 2.56. The van der Waals surface area contributed by atoms with Crippen LogP contribution in [0.15, 0.2) is 24.3 Å². The summed E-state index contributed by atoms with van der Waals surface area (Å²) < 4.78 is 12.6. The molecule has 76 valence electrons. The van der Waals surface area contributed by atoms with Crippen LogP contribution in [-0.2, 0) is 6.42 Å². The Bertz CT molecular complexity index is 297. The SMILES string of the molecule is NC1CNC(Cc2ccc(F)cc2)C1. The normalized spacial score (nSPS) is 26.7. The smallest absolute Gasteiger partial charge is 0.123 e. The van der Waals surface area contributed by atoms with Gasteiger partial charge in [0.2, 0.25) is 0 Å². The van der Waals surface area contributed by atoms with Crippen LogP contribution in [0, 0.1) is 5.82 Å². The fourth-order valence-electron chi connectivity index (χ4n) is 1.91. The van der Waals surface area contributed by atoms with Crippen LogP contribution in [0.4, 0.5) is 4.39 Å². The van der Waals surface area contributed by atoms with Gasteiger partial charge in [0, 0.05) is 18.6 Å².